The molecule has 8 heteroatoms. The van der Waals surface area contributed by atoms with Crippen molar-refractivity contribution in [2.24, 2.45) is 10.2 Å². The smallest absolute Gasteiger partial charge is 0.217 e. The van der Waals surface area contributed by atoms with Crippen LogP contribution in [0.3, 0.4) is 0 Å². The second kappa shape index (κ2) is 7.81. The van der Waals surface area contributed by atoms with E-state index in [4.69, 9.17) is 33.9 Å². The van der Waals surface area contributed by atoms with E-state index < -0.39 is 0 Å². The van der Waals surface area contributed by atoms with E-state index in [0.29, 0.717) is 28.2 Å². The number of nitrogens with zero attached hydrogens (tertiary/aromatic N) is 4. The second-order valence-corrected chi connectivity index (χ2v) is 6.63. The Bertz CT molecular complexity index is 840. The summed E-state index contributed by atoms with van der Waals surface area (Å²) in [4.78, 5) is 1.23. The van der Waals surface area contributed by atoms with Crippen LogP contribution in [0.5, 0.6) is 0 Å². The van der Waals surface area contributed by atoms with Gasteiger partial charge in [0.1, 0.15) is 16.4 Å². The summed E-state index contributed by atoms with van der Waals surface area (Å²) in [5, 5.41) is 12.2. The van der Waals surface area contributed by atoms with Crippen LogP contribution in [0, 0.1) is 0 Å². The number of hydrogen-bond acceptors (Lipinski definition) is 6. The first kappa shape index (κ1) is 17.6. The van der Waals surface area contributed by atoms with Gasteiger partial charge in [-0.3, -0.25) is 0 Å². The average Bonchev–Trinajstić information content (AvgIpc) is 3.38. The molecule has 4 rings (SSSR count). The molecular formula is C19H16N4O2S2. The minimum Gasteiger partial charge on any atom is -0.456 e. The molecule has 27 heavy (non-hydrogen) atoms. The van der Waals surface area contributed by atoms with Crippen molar-refractivity contribution in [2.45, 2.75) is 6.42 Å². The lowest BCUT2D eigenvalue weighted by molar-refractivity contribution is 0.228. The summed E-state index contributed by atoms with van der Waals surface area (Å²) in [6.07, 6.45) is 0.349. The first-order valence-corrected chi connectivity index (χ1v) is 9.17. The lowest BCUT2D eigenvalue weighted by Crippen LogP contribution is -2.22. The van der Waals surface area contributed by atoms with Gasteiger partial charge in [0.15, 0.2) is 13.5 Å². The van der Waals surface area contributed by atoms with Crippen LogP contribution in [0.25, 0.3) is 0 Å². The van der Waals surface area contributed by atoms with Crippen molar-refractivity contribution in [1.82, 2.24) is 10.0 Å². The van der Waals surface area contributed by atoms with Crippen LogP contribution >= 0.6 is 24.4 Å². The lowest BCUT2D eigenvalue weighted by atomic mass is 10.2. The summed E-state index contributed by atoms with van der Waals surface area (Å²) in [6, 6.07) is 19.4. The van der Waals surface area contributed by atoms with Crippen LogP contribution in [0.15, 0.2) is 70.9 Å². The Hall–Kier alpha value is -2.84. The molecule has 0 N–H and O–H groups in total. The van der Waals surface area contributed by atoms with Crippen molar-refractivity contribution < 1.29 is 9.47 Å². The molecule has 0 bridgehead atoms. The van der Waals surface area contributed by atoms with Crippen LogP contribution in [0.1, 0.15) is 17.5 Å². The summed E-state index contributed by atoms with van der Waals surface area (Å²) in [5.74, 6) is 1.03. The number of hydrogen-bond donors (Lipinski definition) is 0. The molecule has 2 heterocycles. The number of ether oxygens (including phenoxy) is 2. The summed E-state index contributed by atoms with van der Waals surface area (Å²) >= 11 is 11.0. The average molecular weight is 396 g/mol. The number of rotatable bonds is 4. The van der Waals surface area contributed by atoms with Gasteiger partial charge in [0.25, 0.3) is 0 Å². The summed E-state index contributed by atoms with van der Waals surface area (Å²) in [6.45, 7) is 0.560. The van der Waals surface area contributed by atoms with Crippen molar-refractivity contribution in [3.63, 3.8) is 0 Å². The van der Waals surface area contributed by atoms with Gasteiger partial charge in [-0.1, -0.05) is 85.1 Å². The van der Waals surface area contributed by atoms with Crippen molar-refractivity contribution >= 4 is 46.2 Å². The molecule has 0 amide bonds. The maximum absolute atomic E-state index is 5.63. The maximum Gasteiger partial charge on any atom is 0.217 e. The van der Waals surface area contributed by atoms with Crippen LogP contribution in [0.4, 0.5) is 0 Å². The van der Waals surface area contributed by atoms with E-state index in [1.165, 1.54) is 0 Å². The zero-order valence-corrected chi connectivity index (χ0v) is 15.9. The molecule has 0 saturated carbocycles. The summed E-state index contributed by atoms with van der Waals surface area (Å²) in [7, 11) is 0. The molecule has 0 aromatic heterocycles. The van der Waals surface area contributed by atoms with E-state index in [-0.39, 0.29) is 13.5 Å². The highest BCUT2D eigenvalue weighted by molar-refractivity contribution is 7.80. The van der Waals surface area contributed by atoms with Gasteiger partial charge >= 0.3 is 0 Å². The van der Waals surface area contributed by atoms with E-state index in [0.717, 1.165) is 11.1 Å². The zero-order valence-electron chi connectivity index (χ0n) is 14.3. The summed E-state index contributed by atoms with van der Waals surface area (Å²) in [5.41, 5.74) is 1.85. The molecule has 2 aromatic carbocycles. The highest BCUT2D eigenvalue weighted by Gasteiger charge is 2.26. The molecule has 6 nitrogen and oxygen atoms in total. The lowest BCUT2D eigenvalue weighted by Gasteiger charge is -2.12. The molecule has 2 aliphatic heterocycles. The quantitative estimate of drug-likeness (QED) is 0.739. The molecule has 2 aliphatic rings. The highest BCUT2D eigenvalue weighted by Crippen LogP contribution is 2.16. The van der Waals surface area contributed by atoms with Gasteiger partial charge in [0.2, 0.25) is 11.8 Å². The van der Waals surface area contributed by atoms with Crippen LogP contribution in [0.2, 0.25) is 0 Å². The molecule has 0 radical (unpaired) electrons. The van der Waals surface area contributed by atoms with Crippen LogP contribution in [-0.4, -0.2) is 45.3 Å². The van der Waals surface area contributed by atoms with Gasteiger partial charge in [0.05, 0.1) is 0 Å². The predicted octanol–water partition coefficient (Wildman–Crippen LogP) is 3.33. The molecule has 136 valence electrons. The largest absolute Gasteiger partial charge is 0.456 e. The van der Waals surface area contributed by atoms with Crippen LogP contribution < -0.4 is 0 Å². The maximum atomic E-state index is 5.63. The molecule has 0 fully saturated rings. The van der Waals surface area contributed by atoms with E-state index in [1.54, 1.807) is 10.0 Å². The number of hydrazone groups is 2. The topological polar surface area (TPSA) is 49.7 Å². The zero-order chi connectivity index (χ0) is 18.6. The Balaban J connectivity index is 1.40. The van der Waals surface area contributed by atoms with E-state index in [2.05, 4.69) is 10.2 Å². The monoisotopic (exact) mass is 396 g/mol. The van der Waals surface area contributed by atoms with Gasteiger partial charge in [-0.15, -0.1) is 10.2 Å². The highest BCUT2D eigenvalue weighted by atomic mass is 32.1. The fraction of sp³-hybridized carbons (Fsp3) is 0.158. The van der Waals surface area contributed by atoms with E-state index >= 15 is 0 Å². The van der Waals surface area contributed by atoms with Gasteiger partial charge in [-0.25, -0.2) is 10.0 Å². The Morgan fingerprint density at radius 3 is 1.56 bits per heavy atom. The third-order valence-electron chi connectivity index (χ3n) is 3.98. The number of thiocarbonyl (C=S) groups is 2. The minimum atomic E-state index is 0.280. The van der Waals surface area contributed by atoms with Crippen molar-refractivity contribution in [3.8, 4) is 0 Å². The van der Waals surface area contributed by atoms with E-state index in [9.17, 15) is 0 Å². The van der Waals surface area contributed by atoms with Crippen LogP contribution in [-0.2, 0) is 9.47 Å². The molecular weight excluding hydrogens is 380 g/mol. The fourth-order valence-electron chi connectivity index (χ4n) is 2.63. The van der Waals surface area contributed by atoms with Gasteiger partial charge < -0.3 is 9.47 Å². The molecule has 0 aliphatic carbocycles. The third-order valence-corrected chi connectivity index (χ3v) is 4.88. The Labute approximate surface area is 167 Å². The van der Waals surface area contributed by atoms with Gasteiger partial charge in [-0.2, -0.15) is 0 Å². The van der Waals surface area contributed by atoms with Crippen molar-refractivity contribution in [3.05, 3.63) is 71.8 Å². The predicted molar refractivity (Wildman–Crippen MR) is 111 cm³/mol. The minimum absolute atomic E-state index is 0.280. The SMILES string of the molecule is S=C(c1ccccc1)N1COC(CC2=NN(C(=S)c3ccccc3)CO2)=N1. The fourth-order valence-corrected chi connectivity index (χ4v) is 3.08. The van der Waals surface area contributed by atoms with Crippen molar-refractivity contribution in [2.75, 3.05) is 13.5 Å². The summed E-state index contributed by atoms with van der Waals surface area (Å²) < 4.78 is 11.3. The van der Waals surface area contributed by atoms with Crippen molar-refractivity contribution in [1.29, 1.82) is 0 Å². The normalized spacial score (nSPS) is 15.7. The van der Waals surface area contributed by atoms with Gasteiger partial charge in [-0.05, 0) is 0 Å². The van der Waals surface area contributed by atoms with E-state index in [1.807, 2.05) is 60.7 Å². The third kappa shape index (κ3) is 3.96. The number of benzene rings is 2. The first-order chi connectivity index (χ1) is 13.2. The Kier molecular flexibility index (Phi) is 5.08. The molecule has 0 saturated heterocycles. The molecule has 0 spiro atoms. The first-order valence-electron chi connectivity index (χ1n) is 8.35. The standard InChI is InChI=1S/C19H16N4O2S2/c26-18(14-7-3-1-4-8-14)22-12-24-16(20-22)11-17-21-23(13-25-17)19(27)15-9-5-2-6-10-15/h1-10H,11-13H2. The molecule has 2 aromatic rings. The Morgan fingerprint density at radius 1 is 0.741 bits per heavy atom. The Morgan fingerprint density at radius 2 is 1.15 bits per heavy atom. The second-order valence-electron chi connectivity index (χ2n) is 5.85. The van der Waals surface area contributed by atoms with Gasteiger partial charge in [0, 0.05) is 11.1 Å². The molecule has 0 atom stereocenters. The molecule has 0 unspecified atom stereocenters.